The van der Waals surface area contributed by atoms with Crippen LogP contribution in [0.2, 0.25) is 0 Å². The Balaban J connectivity index is -0.00000000500. The molecule has 0 N–H and O–H groups in total. The van der Waals surface area contributed by atoms with Crippen molar-refractivity contribution < 1.29 is 33.3 Å². The molecule has 0 aliphatic carbocycles. The van der Waals surface area contributed by atoms with Crippen LogP contribution in [0, 0.1) is 0 Å². The number of hydrogen-bond donors (Lipinski definition) is 0. The van der Waals surface area contributed by atoms with Gasteiger partial charge in [-0.3, -0.25) is 0 Å². The fourth-order valence-corrected chi connectivity index (χ4v) is 0. The molecular weight excluding hydrogens is 157 g/mol. The fourth-order valence-electron chi connectivity index (χ4n) is 0. The summed E-state index contributed by atoms with van der Waals surface area (Å²) in [4.78, 5) is 0. The van der Waals surface area contributed by atoms with Crippen molar-refractivity contribution in [3.8, 4) is 0 Å². The fraction of sp³-hybridized carbons (Fsp3) is 0. The van der Waals surface area contributed by atoms with Gasteiger partial charge >= 0.3 is 0 Å². The molecule has 1 radical (unpaired) electrons. The average Bonchev–Trinajstić information content (AvgIpc) is 1.00. The number of rotatable bonds is 0. The van der Waals surface area contributed by atoms with Gasteiger partial charge in [-0.05, 0) is 10.1 Å². The van der Waals surface area contributed by atoms with E-state index in [-0.39, 0.29) is 33.3 Å². The zero-order valence-electron chi connectivity index (χ0n) is 2.65. The SMILES string of the molecule is B[SiH3].[Co].[Ni]. The molecule has 4 heavy (non-hydrogen) atoms. The van der Waals surface area contributed by atoms with Crippen molar-refractivity contribution in [1.29, 1.82) is 0 Å². The van der Waals surface area contributed by atoms with Gasteiger partial charge in [-0.2, -0.15) is 0 Å². The van der Waals surface area contributed by atoms with E-state index >= 15 is 0 Å². The molecule has 0 unspecified atom stereocenters. The summed E-state index contributed by atoms with van der Waals surface area (Å²) in [7, 11) is 3.44. The quantitative estimate of drug-likeness (QED) is 0.357. The zero-order chi connectivity index (χ0) is 2.00. The van der Waals surface area contributed by atoms with Crippen LogP contribution < -0.4 is 0 Å². The molecule has 0 aliphatic heterocycles. The van der Waals surface area contributed by atoms with Crippen LogP contribution >= 0.6 is 0 Å². The minimum absolute atomic E-state index is 0. The van der Waals surface area contributed by atoms with Gasteiger partial charge in [-0.25, -0.2) is 0 Å². The van der Waals surface area contributed by atoms with Gasteiger partial charge in [0.15, 0.2) is 0 Å². The maximum Gasteiger partial charge on any atom is 0.0852 e. The summed E-state index contributed by atoms with van der Waals surface area (Å²) in [5.74, 6) is 0. The standard InChI is InChI=1S/BH5Si.Co.Ni/c1-2;;/h1H2,2H3;;. The molecule has 0 amide bonds. The molecule has 0 rings (SSSR count). The summed E-state index contributed by atoms with van der Waals surface area (Å²) in [6, 6.07) is 0. The van der Waals surface area contributed by atoms with Crippen LogP contribution in [0.15, 0.2) is 0 Å². The second-order valence-corrected chi connectivity index (χ2v) is 0. The molecule has 0 atom stereocenters. The molecule has 31 valence electrons. The largest absolute Gasteiger partial charge is 0.0852 e. The Bertz CT molecular complexity index is 8.00. The van der Waals surface area contributed by atoms with Gasteiger partial charge in [0.05, 0.1) is 7.44 Å². The predicted molar refractivity (Wildman–Crippen MR) is 18.5 cm³/mol. The van der Waals surface area contributed by atoms with Crippen molar-refractivity contribution in [2.24, 2.45) is 0 Å². The van der Waals surface area contributed by atoms with Crippen LogP contribution in [0.1, 0.15) is 0 Å². The third kappa shape index (κ3) is 10.4. The summed E-state index contributed by atoms with van der Waals surface area (Å²) in [5, 5.41) is 0. The molecular formula is H5BCoNiSi. The first kappa shape index (κ1) is 18.6. The van der Waals surface area contributed by atoms with Crippen LogP contribution in [0.4, 0.5) is 0 Å². The van der Waals surface area contributed by atoms with E-state index in [9.17, 15) is 0 Å². The van der Waals surface area contributed by atoms with Crippen LogP contribution in [0.3, 0.4) is 0 Å². The van der Waals surface area contributed by atoms with Gasteiger partial charge in [0.25, 0.3) is 0 Å². The van der Waals surface area contributed by atoms with Crippen LogP contribution in [-0.2, 0) is 33.3 Å². The first-order valence-electron chi connectivity index (χ1n) is 1.00. The van der Waals surface area contributed by atoms with Gasteiger partial charge in [0.2, 0.25) is 0 Å². The molecule has 0 saturated heterocycles. The third-order valence-corrected chi connectivity index (χ3v) is 0. The molecule has 0 aromatic heterocycles. The molecule has 0 aliphatic rings. The minimum Gasteiger partial charge on any atom is -0.0304 e. The molecule has 0 nitrogen and oxygen atoms in total. The van der Waals surface area contributed by atoms with Gasteiger partial charge in [0.1, 0.15) is 0 Å². The smallest absolute Gasteiger partial charge is 0.0304 e. The monoisotopic (exact) mass is 161 g/mol. The van der Waals surface area contributed by atoms with E-state index in [2.05, 4.69) is 7.44 Å². The molecule has 0 aromatic rings. The Morgan fingerprint density at radius 2 is 1.25 bits per heavy atom. The Morgan fingerprint density at radius 1 is 1.25 bits per heavy atom. The second kappa shape index (κ2) is 28.1. The van der Waals surface area contributed by atoms with Crippen molar-refractivity contribution in [3.63, 3.8) is 0 Å². The van der Waals surface area contributed by atoms with E-state index in [0.717, 1.165) is 0 Å². The summed E-state index contributed by atoms with van der Waals surface area (Å²) >= 11 is 0. The Hall–Kier alpha value is 1.28. The van der Waals surface area contributed by atoms with E-state index in [1.165, 1.54) is 10.1 Å². The molecule has 0 bridgehead atoms. The average molecular weight is 162 g/mol. The first-order chi connectivity index (χ1) is 1.00. The van der Waals surface area contributed by atoms with Gasteiger partial charge in [-0.1, -0.05) is 0 Å². The molecule has 0 spiro atoms. The first-order valence-corrected chi connectivity index (χ1v) is 3.00. The molecule has 4 heteroatoms. The van der Waals surface area contributed by atoms with Gasteiger partial charge < -0.3 is 0 Å². The van der Waals surface area contributed by atoms with Crippen molar-refractivity contribution in [3.05, 3.63) is 0 Å². The Morgan fingerprint density at radius 3 is 1.25 bits per heavy atom. The summed E-state index contributed by atoms with van der Waals surface area (Å²) in [6.45, 7) is 0. The maximum atomic E-state index is 2.14. The maximum absolute atomic E-state index is 2.14. The molecule has 0 fully saturated rings. The normalized spacial score (nSPS) is 2.00. The molecule has 0 aromatic carbocycles. The van der Waals surface area contributed by atoms with Crippen LogP contribution in [-0.4, -0.2) is 17.6 Å². The summed E-state index contributed by atoms with van der Waals surface area (Å²) < 4.78 is 0. The predicted octanol–water partition coefficient (Wildman–Crippen LogP) is -2.11. The van der Waals surface area contributed by atoms with E-state index in [4.69, 9.17) is 0 Å². The molecule has 0 heterocycles. The zero-order valence-corrected chi connectivity index (χ0v) is 6.68. The Labute approximate surface area is 51.0 Å². The van der Waals surface area contributed by atoms with Crippen molar-refractivity contribution in [2.75, 3.05) is 0 Å². The van der Waals surface area contributed by atoms with E-state index in [1.807, 2.05) is 0 Å². The second-order valence-electron chi connectivity index (χ2n) is 0. The topological polar surface area (TPSA) is 0 Å². The van der Waals surface area contributed by atoms with E-state index in [0.29, 0.717) is 0 Å². The minimum atomic E-state index is 0. The van der Waals surface area contributed by atoms with Crippen molar-refractivity contribution in [2.45, 2.75) is 0 Å². The summed E-state index contributed by atoms with van der Waals surface area (Å²) in [5.41, 5.74) is 0. The third-order valence-electron chi connectivity index (χ3n) is 0. The van der Waals surface area contributed by atoms with Crippen molar-refractivity contribution >= 4 is 17.6 Å². The summed E-state index contributed by atoms with van der Waals surface area (Å²) in [6.07, 6.45) is 0. The molecule has 0 saturated carbocycles. The van der Waals surface area contributed by atoms with Gasteiger partial charge in [0, 0.05) is 33.3 Å². The Kier molecular flexibility index (Phi) is 131. The van der Waals surface area contributed by atoms with Gasteiger partial charge in [-0.15, -0.1) is 0 Å². The number of hydrogen-bond acceptors (Lipinski definition) is 0. The van der Waals surface area contributed by atoms with E-state index in [1.54, 1.807) is 0 Å². The van der Waals surface area contributed by atoms with Crippen molar-refractivity contribution in [1.82, 2.24) is 0 Å². The van der Waals surface area contributed by atoms with Crippen LogP contribution in [0.5, 0.6) is 0 Å². The van der Waals surface area contributed by atoms with Crippen LogP contribution in [0.25, 0.3) is 0 Å². The van der Waals surface area contributed by atoms with E-state index < -0.39 is 0 Å².